The smallest absolute Gasteiger partial charge is 0.166 e. The number of hydrogen-bond donors (Lipinski definition) is 1. The van der Waals surface area contributed by atoms with Crippen LogP contribution in [0.25, 0.3) is 0 Å². The Kier molecular flexibility index (Phi) is 2.66. The van der Waals surface area contributed by atoms with Crippen LogP contribution in [0.4, 0.5) is 0 Å². The van der Waals surface area contributed by atoms with Gasteiger partial charge in [0, 0.05) is 5.75 Å². The summed E-state index contributed by atoms with van der Waals surface area (Å²) < 4.78 is 10.3. The molecule has 1 fully saturated rings. The highest BCUT2D eigenvalue weighted by Gasteiger charge is 2.10. The molecule has 1 rings (SSSR count). The Morgan fingerprint density at radius 1 is 1.38 bits per heavy atom. The first kappa shape index (κ1) is 6.39. The van der Waals surface area contributed by atoms with E-state index >= 15 is 0 Å². The van der Waals surface area contributed by atoms with Gasteiger partial charge in [0.15, 0.2) is 6.29 Å². The molecule has 1 saturated heterocycles. The van der Waals surface area contributed by atoms with Gasteiger partial charge in [-0.05, 0) is 6.42 Å². The molecule has 0 aromatic rings. The largest absolute Gasteiger partial charge is 0.352 e. The highest BCUT2D eigenvalue weighted by atomic mass is 32.1. The van der Waals surface area contributed by atoms with E-state index in [0.29, 0.717) is 5.75 Å². The Bertz CT molecular complexity index is 61.4. The molecule has 0 saturated carbocycles. The van der Waals surface area contributed by atoms with Crippen LogP contribution in [0.15, 0.2) is 0 Å². The van der Waals surface area contributed by atoms with Crippen molar-refractivity contribution in [3.8, 4) is 0 Å². The first-order valence-electron chi connectivity index (χ1n) is 2.77. The highest BCUT2D eigenvalue weighted by Crippen LogP contribution is 2.04. The first-order chi connectivity index (χ1) is 3.93. The summed E-state index contributed by atoms with van der Waals surface area (Å²) in [6.07, 6.45) is 0.969. The fourth-order valence-electron chi connectivity index (χ4n) is 0.642. The third-order valence-corrected chi connectivity index (χ3v) is 1.34. The van der Waals surface area contributed by atoms with E-state index in [1.165, 1.54) is 0 Å². The lowest BCUT2D eigenvalue weighted by Crippen LogP contribution is -2.25. The van der Waals surface area contributed by atoms with Crippen molar-refractivity contribution in [3.05, 3.63) is 0 Å². The van der Waals surface area contributed by atoms with Crippen LogP contribution in [0.1, 0.15) is 6.42 Å². The summed E-state index contributed by atoms with van der Waals surface area (Å²) in [5.74, 6) is 0.667. The van der Waals surface area contributed by atoms with Crippen molar-refractivity contribution in [1.29, 1.82) is 0 Å². The SMILES string of the molecule is SCC1OCCCO1. The van der Waals surface area contributed by atoms with Gasteiger partial charge in [0.05, 0.1) is 13.2 Å². The van der Waals surface area contributed by atoms with Crippen molar-refractivity contribution in [3.63, 3.8) is 0 Å². The fourth-order valence-corrected chi connectivity index (χ4v) is 0.853. The van der Waals surface area contributed by atoms with Gasteiger partial charge in [-0.3, -0.25) is 0 Å². The maximum absolute atomic E-state index is 5.13. The average molecular weight is 134 g/mol. The molecule has 0 amide bonds. The molecule has 8 heavy (non-hydrogen) atoms. The minimum atomic E-state index is -0.0490. The standard InChI is InChI=1S/C5H10O2S/c8-4-5-6-2-1-3-7-5/h5,8H,1-4H2. The summed E-state index contributed by atoms with van der Waals surface area (Å²) in [6.45, 7) is 1.65. The molecule has 0 radical (unpaired) electrons. The van der Waals surface area contributed by atoms with Gasteiger partial charge < -0.3 is 9.47 Å². The van der Waals surface area contributed by atoms with E-state index in [1.54, 1.807) is 0 Å². The van der Waals surface area contributed by atoms with E-state index in [4.69, 9.17) is 9.47 Å². The second-order valence-corrected chi connectivity index (χ2v) is 2.07. The topological polar surface area (TPSA) is 18.5 Å². The lowest BCUT2D eigenvalue weighted by atomic mass is 10.4. The van der Waals surface area contributed by atoms with Gasteiger partial charge in [-0.2, -0.15) is 12.6 Å². The molecule has 0 aliphatic carbocycles. The molecular weight excluding hydrogens is 124 g/mol. The van der Waals surface area contributed by atoms with Crippen molar-refractivity contribution in [2.45, 2.75) is 12.7 Å². The predicted octanol–water partition coefficient (Wildman–Crippen LogP) is 0.679. The molecule has 2 nitrogen and oxygen atoms in total. The molecule has 0 aromatic heterocycles. The second-order valence-electron chi connectivity index (χ2n) is 1.71. The van der Waals surface area contributed by atoms with Crippen LogP contribution in [0.3, 0.4) is 0 Å². The van der Waals surface area contributed by atoms with Crippen molar-refractivity contribution < 1.29 is 9.47 Å². The molecule has 0 atom stereocenters. The normalized spacial score (nSPS) is 23.6. The Balaban J connectivity index is 2.13. The van der Waals surface area contributed by atoms with Crippen molar-refractivity contribution in [1.82, 2.24) is 0 Å². The quantitative estimate of drug-likeness (QED) is 0.532. The van der Waals surface area contributed by atoms with Gasteiger partial charge in [-0.1, -0.05) is 0 Å². The number of thiol groups is 1. The van der Waals surface area contributed by atoms with E-state index in [0.717, 1.165) is 19.6 Å². The summed E-state index contributed by atoms with van der Waals surface area (Å²) in [7, 11) is 0. The molecule has 0 N–H and O–H groups in total. The van der Waals surface area contributed by atoms with Crippen LogP contribution < -0.4 is 0 Å². The highest BCUT2D eigenvalue weighted by molar-refractivity contribution is 7.80. The second kappa shape index (κ2) is 3.33. The van der Waals surface area contributed by atoms with E-state index in [2.05, 4.69) is 12.6 Å². The molecule has 3 heteroatoms. The summed E-state index contributed by atoms with van der Waals surface area (Å²) in [5.41, 5.74) is 0. The van der Waals surface area contributed by atoms with Crippen LogP contribution >= 0.6 is 12.6 Å². The monoisotopic (exact) mass is 134 g/mol. The Morgan fingerprint density at radius 3 is 2.38 bits per heavy atom. The molecule has 1 heterocycles. The molecular formula is C5H10O2S. The van der Waals surface area contributed by atoms with E-state index < -0.39 is 0 Å². The minimum absolute atomic E-state index is 0.0490. The van der Waals surface area contributed by atoms with E-state index in [1.807, 2.05) is 0 Å². The van der Waals surface area contributed by atoms with Crippen molar-refractivity contribution in [2.24, 2.45) is 0 Å². The lowest BCUT2D eigenvalue weighted by Gasteiger charge is -2.20. The summed E-state index contributed by atoms with van der Waals surface area (Å²) >= 11 is 4.01. The zero-order valence-corrected chi connectivity index (χ0v) is 5.56. The Hall–Kier alpha value is 0.270. The molecule has 0 bridgehead atoms. The zero-order chi connectivity index (χ0) is 5.82. The van der Waals surface area contributed by atoms with E-state index in [9.17, 15) is 0 Å². The summed E-state index contributed by atoms with van der Waals surface area (Å²) in [6, 6.07) is 0. The van der Waals surface area contributed by atoms with Crippen LogP contribution in [0.5, 0.6) is 0 Å². The summed E-state index contributed by atoms with van der Waals surface area (Å²) in [5, 5.41) is 0. The maximum Gasteiger partial charge on any atom is 0.166 e. The van der Waals surface area contributed by atoms with Gasteiger partial charge in [-0.25, -0.2) is 0 Å². The number of ether oxygens (including phenoxy) is 2. The van der Waals surface area contributed by atoms with Gasteiger partial charge in [0.1, 0.15) is 0 Å². The third kappa shape index (κ3) is 1.65. The van der Waals surface area contributed by atoms with Crippen LogP contribution in [-0.4, -0.2) is 25.3 Å². The number of hydrogen-bond acceptors (Lipinski definition) is 3. The zero-order valence-electron chi connectivity index (χ0n) is 4.67. The van der Waals surface area contributed by atoms with Crippen molar-refractivity contribution >= 4 is 12.6 Å². The van der Waals surface area contributed by atoms with Gasteiger partial charge in [0.2, 0.25) is 0 Å². The molecule has 0 aromatic carbocycles. The predicted molar refractivity (Wildman–Crippen MR) is 34.2 cm³/mol. The first-order valence-corrected chi connectivity index (χ1v) is 3.41. The molecule has 0 spiro atoms. The summed E-state index contributed by atoms with van der Waals surface area (Å²) in [4.78, 5) is 0. The molecule has 1 aliphatic heterocycles. The average Bonchev–Trinajstić information content (AvgIpc) is 1.90. The Morgan fingerprint density at radius 2 is 2.00 bits per heavy atom. The van der Waals surface area contributed by atoms with Crippen LogP contribution in [0.2, 0.25) is 0 Å². The van der Waals surface area contributed by atoms with E-state index in [-0.39, 0.29) is 6.29 Å². The minimum Gasteiger partial charge on any atom is -0.352 e. The van der Waals surface area contributed by atoms with Gasteiger partial charge in [0.25, 0.3) is 0 Å². The lowest BCUT2D eigenvalue weighted by molar-refractivity contribution is -0.163. The fraction of sp³-hybridized carbons (Fsp3) is 1.00. The molecule has 0 unspecified atom stereocenters. The third-order valence-electron chi connectivity index (χ3n) is 1.05. The van der Waals surface area contributed by atoms with Crippen LogP contribution in [-0.2, 0) is 9.47 Å². The molecule has 1 aliphatic rings. The molecule has 48 valence electrons. The van der Waals surface area contributed by atoms with Gasteiger partial charge >= 0.3 is 0 Å². The van der Waals surface area contributed by atoms with Crippen molar-refractivity contribution in [2.75, 3.05) is 19.0 Å². The number of rotatable bonds is 1. The van der Waals surface area contributed by atoms with Gasteiger partial charge in [-0.15, -0.1) is 0 Å². The maximum atomic E-state index is 5.13. The van der Waals surface area contributed by atoms with Crippen LogP contribution in [0, 0.1) is 0 Å². The Labute approximate surface area is 54.6 Å².